The first-order chi connectivity index (χ1) is 6.97. The molecule has 0 bridgehead atoms. The molecule has 0 spiro atoms. The average molecular weight is 213 g/mol. The largest absolute Gasteiger partial charge is 0.468 e. The monoisotopic (exact) mass is 213 g/mol. The highest BCUT2D eigenvalue weighted by molar-refractivity contribution is 5.99. The second-order valence-corrected chi connectivity index (χ2v) is 4.35. The Labute approximate surface area is 90.6 Å². The Bertz CT molecular complexity index is 265. The zero-order valence-electron chi connectivity index (χ0n) is 9.82. The van der Waals surface area contributed by atoms with E-state index in [4.69, 9.17) is 0 Å². The number of hydrogen-bond donors (Lipinski definition) is 0. The second kappa shape index (κ2) is 4.75. The maximum Gasteiger partial charge on any atom is 0.316 e. The van der Waals surface area contributed by atoms with Crippen LogP contribution in [0.25, 0.3) is 0 Å². The van der Waals surface area contributed by atoms with Gasteiger partial charge >= 0.3 is 5.97 Å². The van der Waals surface area contributed by atoms with Crippen LogP contribution in [0.1, 0.15) is 26.7 Å². The van der Waals surface area contributed by atoms with Crippen LogP contribution < -0.4 is 0 Å². The van der Waals surface area contributed by atoms with E-state index >= 15 is 0 Å². The fourth-order valence-electron chi connectivity index (χ4n) is 2.02. The van der Waals surface area contributed by atoms with Gasteiger partial charge in [-0.15, -0.1) is 0 Å². The van der Waals surface area contributed by atoms with Gasteiger partial charge in [-0.1, -0.05) is 0 Å². The Morgan fingerprint density at radius 2 is 2.00 bits per heavy atom. The molecule has 0 aromatic carbocycles. The lowest BCUT2D eigenvalue weighted by molar-refractivity contribution is -0.149. The van der Waals surface area contributed by atoms with E-state index in [2.05, 4.69) is 9.64 Å². The van der Waals surface area contributed by atoms with Gasteiger partial charge in [-0.3, -0.25) is 9.59 Å². The van der Waals surface area contributed by atoms with Gasteiger partial charge in [0.2, 0.25) is 0 Å². The third-order valence-corrected chi connectivity index (χ3v) is 3.34. The molecule has 86 valence electrons. The van der Waals surface area contributed by atoms with Crippen molar-refractivity contribution >= 4 is 11.8 Å². The molecule has 1 saturated heterocycles. The Kier molecular flexibility index (Phi) is 3.85. The molecule has 15 heavy (non-hydrogen) atoms. The van der Waals surface area contributed by atoms with Gasteiger partial charge in [0, 0.05) is 18.5 Å². The van der Waals surface area contributed by atoms with Gasteiger partial charge in [0.05, 0.1) is 7.11 Å². The molecule has 3 unspecified atom stereocenters. The van der Waals surface area contributed by atoms with E-state index < -0.39 is 11.9 Å². The number of ketones is 1. The lowest BCUT2D eigenvalue weighted by atomic mass is 9.96. The van der Waals surface area contributed by atoms with Crippen LogP contribution >= 0.6 is 0 Å². The molecular formula is C11H19NO3. The second-order valence-electron chi connectivity index (χ2n) is 4.35. The van der Waals surface area contributed by atoms with E-state index in [0.717, 1.165) is 0 Å². The quantitative estimate of drug-likeness (QED) is 0.478. The van der Waals surface area contributed by atoms with Crippen LogP contribution in [-0.4, -0.2) is 42.9 Å². The van der Waals surface area contributed by atoms with E-state index in [-0.39, 0.29) is 17.9 Å². The summed E-state index contributed by atoms with van der Waals surface area (Å²) < 4.78 is 4.66. The minimum atomic E-state index is -0.572. The Balaban J connectivity index is 2.83. The minimum absolute atomic E-state index is 0.00514. The highest BCUT2D eigenvalue weighted by Gasteiger charge is 2.35. The van der Waals surface area contributed by atoms with Crippen molar-refractivity contribution in [2.45, 2.75) is 38.8 Å². The average Bonchev–Trinajstić information content (AvgIpc) is 2.30. The summed E-state index contributed by atoms with van der Waals surface area (Å²) in [6.45, 7) is 4.04. The number of ether oxygens (including phenoxy) is 1. The van der Waals surface area contributed by atoms with Crippen molar-refractivity contribution < 1.29 is 14.3 Å². The van der Waals surface area contributed by atoms with E-state index in [9.17, 15) is 9.59 Å². The zero-order valence-corrected chi connectivity index (χ0v) is 9.82. The molecule has 1 aliphatic heterocycles. The van der Waals surface area contributed by atoms with Crippen molar-refractivity contribution in [2.75, 3.05) is 14.2 Å². The number of hydrogen-bond acceptors (Lipinski definition) is 4. The summed E-state index contributed by atoms with van der Waals surface area (Å²) in [5, 5.41) is 0. The fraction of sp³-hybridized carbons (Fsp3) is 0.818. The molecule has 0 N–H and O–H groups in total. The first-order valence-corrected chi connectivity index (χ1v) is 5.29. The topological polar surface area (TPSA) is 46.6 Å². The minimum Gasteiger partial charge on any atom is -0.468 e. The van der Waals surface area contributed by atoms with Gasteiger partial charge in [0.15, 0.2) is 0 Å². The molecule has 1 aliphatic rings. The maximum absolute atomic E-state index is 11.8. The van der Waals surface area contributed by atoms with Gasteiger partial charge < -0.3 is 9.64 Å². The van der Waals surface area contributed by atoms with Crippen LogP contribution in [0, 0.1) is 5.92 Å². The first kappa shape index (κ1) is 12.2. The lowest BCUT2D eigenvalue weighted by Crippen LogP contribution is -2.35. The number of esters is 1. The highest BCUT2D eigenvalue weighted by Crippen LogP contribution is 2.23. The molecule has 1 rings (SSSR count). The molecule has 0 radical (unpaired) electrons. The molecule has 3 atom stereocenters. The summed E-state index contributed by atoms with van der Waals surface area (Å²) >= 11 is 0. The molecule has 0 aromatic rings. The SMILES string of the molecule is COC(=O)C1CC(C)N(C)C(C)CC1=O. The van der Waals surface area contributed by atoms with E-state index in [1.54, 1.807) is 0 Å². The number of carbonyl (C=O) groups is 2. The van der Waals surface area contributed by atoms with Crippen molar-refractivity contribution in [3.8, 4) is 0 Å². The van der Waals surface area contributed by atoms with Crippen molar-refractivity contribution in [2.24, 2.45) is 5.92 Å². The third kappa shape index (κ3) is 2.56. The standard InChI is InChI=1S/C11H19NO3/c1-7-5-9(11(14)15-4)10(13)6-8(2)12(7)3/h7-9H,5-6H2,1-4H3. The fourth-order valence-corrected chi connectivity index (χ4v) is 2.02. The van der Waals surface area contributed by atoms with Crippen molar-refractivity contribution in [1.29, 1.82) is 0 Å². The predicted octanol–water partition coefficient (Wildman–Crippen LogP) is 0.847. The van der Waals surface area contributed by atoms with Crippen LogP contribution in [0.15, 0.2) is 0 Å². The van der Waals surface area contributed by atoms with Crippen LogP contribution in [0.3, 0.4) is 0 Å². The number of nitrogens with zero attached hydrogens (tertiary/aromatic N) is 1. The number of likely N-dealkylation sites (tertiary alicyclic amines) is 1. The summed E-state index contributed by atoms with van der Waals surface area (Å²) in [7, 11) is 3.32. The molecule has 1 fully saturated rings. The van der Waals surface area contributed by atoms with E-state index in [1.807, 2.05) is 20.9 Å². The maximum atomic E-state index is 11.8. The summed E-state index contributed by atoms with van der Waals surface area (Å²) in [6, 6.07) is 0.428. The molecule has 0 amide bonds. The molecule has 1 heterocycles. The molecule has 4 heteroatoms. The molecule has 0 aromatic heterocycles. The molecule has 0 aliphatic carbocycles. The van der Waals surface area contributed by atoms with Gasteiger partial charge in [0.1, 0.15) is 11.7 Å². The van der Waals surface area contributed by atoms with Gasteiger partial charge in [0.25, 0.3) is 0 Å². The van der Waals surface area contributed by atoms with Gasteiger partial charge in [-0.25, -0.2) is 0 Å². The zero-order chi connectivity index (χ0) is 11.6. The highest BCUT2D eigenvalue weighted by atomic mass is 16.5. The van der Waals surface area contributed by atoms with E-state index in [0.29, 0.717) is 12.8 Å². The van der Waals surface area contributed by atoms with Crippen LogP contribution in [0.2, 0.25) is 0 Å². The number of rotatable bonds is 1. The third-order valence-electron chi connectivity index (χ3n) is 3.34. The van der Waals surface area contributed by atoms with E-state index in [1.165, 1.54) is 7.11 Å². The summed E-state index contributed by atoms with van der Waals surface area (Å²) in [5.74, 6) is -0.961. The number of Topliss-reactive ketones (excluding diaryl/α,β-unsaturated/α-hetero) is 1. The first-order valence-electron chi connectivity index (χ1n) is 5.29. The van der Waals surface area contributed by atoms with Gasteiger partial charge in [-0.2, -0.15) is 0 Å². The summed E-state index contributed by atoms with van der Waals surface area (Å²) in [6.07, 6.45) is 0.993. The van der Waals surface area contributed by atoms with Crippen molar-refractivity contribution in [3.05, 3.63) is 0 Å². The van der Waals surface area contributed by atoms with Crippen molar-refractivity contribution in [3.63, 3.8) is 0 Å². The Hall–Kier alpha value is -0.900. The normalized spacial score (nSPS) is 33.6. The molecule has 4 nitrogen and oxygen atoms in total. The number of carbonyl (C=O) groups excluding carboxylic acids is 2. The van der Waals surface area contributed by atoms with Crippen LogP contribution in [0.4, 0.5) is 0 Å². The molecule has 0 saturated carbocycles. The van der Waals surface area contributed by atoms with Crippen molar-refractivity contribution in [1.82, 2.24) is 4.90 Å². The molecular weight excluding hydrogens is 194 g/mol. The van der Waals surface area contributed by atoms with Crippen LogP contribution in [-0.2, 0) is 14.3 Å². The smallest absolute Gasteiger partial charge is 0.316 e. The number of methoxy groups -OCH3 is 1. The van der Waals surface area contributed by atoms with Crippen LogP contribution in [0.5, 0.6) is 0 Å². The van der Waals surface area contributed by atoms with Gasteiger partial charge in [-0.05, 0) is 27.3 Å². The summed E-state index contributed by atoms with van der Waals surface area (Å²) in [5.41, 5.74) is 0. The Morgan fingerprint density at radius 1 is 1.40 bits per heavy atom. The lowest BCUT2D eigenvalue weighted by Gasteiger charge is -2.27. The summed E-state index contributed by atoms with van der Waals surface area (Å²) in [4.78, 5) is 25.4. The Morgan fingerprint density at radius 3 is 2.53 bits per heavy atom. The predicted molar refractivity (Wildman–Crippen MR) is 56.4 cm³/mol.